The summed E-state index contributed by atoms with van der Waals surface area (Å²) in [4.78, 5) is 37.0. The van der Waals surface area contributed by atoms with Crippen LogP contribution in [0.5, 0.6) is 11.5 Å². The second-order valence-corrected chi connectivity index (χ2v) is 5.24. The quantitative estimate of drug-likeness (QED) is 0.745. The van der Waals surface area contributed by atoms with Crippen LogP contribution in [0.25, 0.3) is 0 Å². The second-order valence-electron chi connectivity index (χ2n) is 5.24. The standard InChI is InChI=1S/C16H22N2O6/c1-11(19)17(2)9-15(20)18(10-16(21)22)8-12-5-13(23-3)7-14(6-12)24-4/h5-7H,8-10H2,1-4H3,(H,21,22). The van der Waals surface area contributed by atoms with Crippen molar-refractivity contribution in [2.24, 2.45) is 0 Å². The van der Waals surface area contributed by atoms with Gasteiger partial charge in [-0.3, -0.25) is 14.4 Å². The van der Waals surface area contributed by atoms with Crippen LogP contribution >= 0.6 is 0 Å². The molecule has 0 spiro atoms. The first kappa shape index (κ1) is 19.3. The highest BCUT2D eigenvalue weighted by Gasteiger charge is 2.20. The van der Waals surface area contributed by atoms with Crippen molar-refractivity contribution in [1.29, 1.82) is 0 Å². The van der Waals surface area contributed by atoms with E-state index in [2.05, 4.69) is 0 Å². The summed E-state index contributed by atoms with van der Waals surface area (Å²) in [6, 6.07) is 5.06. The number of carbonyl (C=O) groups is 3. The van der Waals surface area contributed by atoms with E-state index in [-0.39, 0.29) is 19.0 Å². The average Bonchev–Trinajstić information content (AvgIpc) is 2.53. The minimum Gasteiger partial charge on any atom is -0.497 e. The lowest BCUT2D eigenvalue weighted by molar-refractivity contribution is -0.146. The number of likely N-dealkylation sites (N-methyl/N-ethyl adjacent to an activating group) is 1. The van der Waals surface area contributed by atoms with Crippen molar-refractivity contribution in [3.8, 4) is 11.5 Å². The van der Waals surface area contributed by atoms with Crippen LogP contribution in [0, 0.1) is 0 Å². The van der Waals surface area contributed by atoms with Crippen LogP contribution in [0.3, 0.4) is 0 Å². The van der Waals surface area contributed by atoms with Crippen molar-refractivity contribution in [3.05, 3.63) is 23.8 Å². The van der Waals surface area contributed by atoms with E-state index in [4.69, 9.17) is 14.6 Å². The number of aliphatic carboxylic acids is 1. The summed E-state index contributed by atoms with van der Waals surface area (Å²) in [6.45, 7) is 0.736. The van der Waals surface area contributed by atoms with E-state index in [9.17, 15) is 14.4 Å². The van der Waals surface area contributed by atoms with Gasteiger partial charge in [0.15, 0.2) is 0 Å². The lowest BCUT2D eigenvalue weighted by Gasteiger charge is -2.24. The Morgan fingerprint density at radius 1 is 1.04 bits per heavy atom. The maximum absolute atomic E-state index is 12.3. The summed E-state index contributed by atoms with van der Waals surface area (Å²) in [6.07, 6.45) is 0. The normalized spacial score (nSPS) is 10.0. The first-order chi connectivity index (χ1) is 11.3. The average molecular weight is 338 g/mol. The van der Waals surface area contributed by atoms with E-state index in [1.165, 1.54) is 33.1 Å². The van der Waals surface area contributed by atoms with Gasteiger partial charge in [0, 0.05) is 26.6 Å². The van der Waals surface area contributed by atoms with Gasteiger partial charge in [-0.25, -0.2) is 0 Å². The Morgan fingerprint density at radius 2 is 1.58 bits per heavy atom. The Kier molecular flexibility index (Phi) is 7.03. The van der Waals surface area contributed by atoms with Gasteiger partial charge < -0.3 is 24.4 Å². The SMILES string of the molecule is COc1cc(CN(CC(=O)O)C(=O)CN(C)C(C)=O)cc(OC)c1. The number of nitrogens with zero attached hydrogens (tertiary/aromatic N) is 2. The molecule has 1 rings (SSSR count). The highest BCUT2D eigenvalue weighted by atomic mass is 16.5. The molecule has 1 N–H and O–H groups in total. The van der Waals surface area contributed by atoms with Gasteiger partial charge in [0.1, 0.15) is 18.0 Å². The molecule has 0 saturated carbocycles. The monoisotopic (exact) mass is 338 g/mol. The fraction of sp³-hybridized carbons (Fsp3) is 0.438. The van der Waals surface area contributed by atoms with Crippen LogP contribution in [0.1, 0.15) is 12.5 Å². The smallest absolute Gasteiger partial charge is 0.323 e. The third-order valence-corrected chi connectivity index (χ3v) is 3.37. The number of carboxylic acid groups (broad SMARTS) is 1. The predicted octanol–water partition coefficient (Wildman–Crippen LogP) is 0.595. The molecule has 0 aliphatic rings. The van der Waals surface area contributed by atoms with Crippen LogP contribution in [0.4, 0.5) is 0 Å². The van der Waals surface area contributed by atoms with Gasteiger partial charge in [-0.2, -0.15) is 0 Å². The Morgan fingerprint density at radius 3 is 2.00 bits per heavy atom. The largest absolute Gasteiger partial charge is 0.497 e. The zero-order chi connectivity index (χ0) is 18.3. The Balaban J connectivity index is 2.99. The molecule has 0 radical (unpaired) electrons. The summed E-state index contributed by atoms with van der Waals surface area (Å²) in [7, 11) is 4.48. The van der Waals surface area contributed by atoms with Gasteiger partial charge >= 0.3 is 5.97 Å². The molecule has 0 fully saturated rings. The molecule has 0 aromatic heterocycles. The molecular formula is C16H22N2O6. The number of carboxylic acids is 1. The van der Waals surface area contributed by atoms with Crippen molar-refractivity contribution >= 4 is 17.8 Å². The number of ether oxygens (including phenoxy) is 2. The molecule has 132 valence electrons. The van der Waals surface area contributed by atoms with E-state index in [0.717, 1.165) is 4.90 Å². The van der Waals surface area contributed by atoms with E-state index in [0.29, 0.717) is 17.1 Å². The molecule has 0 aliphatic heterocycles. The first-order valence-corrected chi connectivity index (χ1v) is 7.20. The molecule has 2 amide bonds. The summed E-state index contributed by atoms with van der Waals surface area (Å²) < 4.78 is 10.3. The van der Waals surface area contributed by atoms with Crippen LogP contribution < -0.4 is 9.47 Å². The van der Waals surface area contributed by atoms with E-state index in [1.54, 1.807) is 18.2 Å². The molecule has 1 aromatic carbocycles. The fourth-order valence-electron chi connectivity index (χ4n) is 1.99. The zero-order valence-corrected chi connectivity index (χ0v) is 14.2. The fourth-order valence-corrected chi connectivity index (χ4v) is 1.99. The van der Waals surface area contributed by atoms with Crippen LogP contribution in [0.15, 0.2) is 18.2 Å². The zero-order valence-electron chi connectivity index (χ0n) is 14.2. The maximum Gasteiger partial charge on any atom is 0.323 e. The number of rotatable bonds is 8. The minimum absolute atomic E-state index is 0.0600. The van der Waals surface area contributed by atoms with Crippen molar-refractivity contribution in [2.45, 2.75) is 13.5 Å². The molecule has 0 unspecified atom stereocenters. The van der Waals surface area contributed by atoms with Gasteiger partial charge in [0.05, 0.1) is 20.8 Å². The number of carbonyl (C=O) groups excluding carboxylic acids is 2. The number of hydrogen-bond donors (Lipinski definition) is 1. The first-order valence-electron chi connectivity index (χ1n) is 7.20. The van der Waals surface area contributed by atoms with Gasteiger partial charge in [0.25, 0.3) is 0 Å². The van der Waals surface area contributed by atoms with Gasteiger partial charge in [-0.05, 0) is 17.7 Å². The van der Waals surface area contributed by atoms with Crippen molar-refractivity contribution in [3.63, 3.8) is 0 Å². The molecule has 24 heavy (non-hydrogen) atoms. The summed E-state index contributed by atoms with van der Waals surface area (Å²) in [5.41, 5.74) is 0.659. The Labute approximate surface area is 140 Å². The summed E-state index contributed by atoms with van der Waals surface area (Å²) in [5, 5.41) is 9.03. The summed E-state index contributed by atoms with van der Waals surface area (Å²) >= 11 is 0. The predicted molar refractivity (Wildman–Crippen MR) is 85.9 cm³/mol. The van der Waals surface area contributed by atoms with E-state index >= 15 is 0 Å². The number of methoxy groups -OCH3 is 2. The molecular weight excluding hydrogens is 316 g/mol. The molecule has 0 bridgehead atoms. The van der Waals surface area contributed by atoms with Gasteiger partial charge in [0.2, 0.25) is 11.8 Å². The third kappa shape index (κ3) is 5.79. The third-order valence-electron chi connectivity index (χ3n) is 3.37. The number of amides is 2. The molecule has 8 heteroatoms. The van der Waals surface area contributed by atoms with E-state index < -0.39 is 18.4 Å². The lowest BCUT2D eigenvalue weighted by atomic mass is 10.2. The highest BCUT2D eigenvalue weighted by Crippen LogP contribution is 2.23. The number of hydrogen-bond acceptors (Lipinski definition) is 5. The molecule has 8 nitrogen and oxygen atoms in total. The van der Waals surface area contributed by atoms with Crippen molar-refractivity contribution in [1.82, 2.24) is 9.80 Å². The molecule has 1 aromatic rings. The minimum atomic E-state index is -1.14. The lowest BCUT2D eigenvalue weighted by Crippen LogP contribution is -2.42. The second kappa shape index (κ2) is 8.76. The Bertz CT molecular complexity index is 594. The molecule has 0 heterocycles. The molecule has 0 aliphatic carbocycles. The van der Waals surface area contributed by atoms with E-state index in [1.807, 2.05) is 0 Å². The van der Waals surface area contributed by atoms with Crippen molar-refractivity contribution in [2.75, 3.05) is 34.4 Å². The highest BCUT2D eigenvalue weighted by molar-refractivity contribution is 5.86. The van der Waals surface area contributed by atoms with Crippen LogP contribution in [-0.2, 0) is 20.9 Å². The molecule has 0 atom stereocenters. The Hall–Kier alpha value is -2.77. The van der Waals surface area contributed by atoms with Gasteiger partial charge in [-0.1, -0.05) is 0 Å². The van der Waals surface area contributed by atoms with Crippen LogP contribution in [-0.4, -0.2) is 67.0 Å². The summed E-state index contributed by atoms with van der Waals surface area (Å²) in [5.74, 6) is -0.803. The van der Waals surface area contributed by atoms with Crippen molar-refractivity contribution < 1.29 is 29.0 Å². The maximum atomic E-state index is 12.3. The van der Waals surface area contributed by atoms with Crippen LogP contribution in [0.2, 0.25) is 0 Å². The molecule has 0 saturated heterocycles. The number of benzene rings is 1. The van der Waals surface area contributed by atoms with Gasteiger partial charge in [-0.15, -0.1) is 0 Å². The topological polar surface area (TPSA) is 96.4 Å².